The molecular weight excluding hydrogens is 669 g/mol. The lowest BCUT2D eigenvalue weighted by molar-refractivity contribution is -0.162. The van der Waals surface area contributed by atoms with E-state index in [0.717, 1.165) is 83.5 Å². The number of carbonyl (C=O) groups is 2. The Hall–Kier alpha value is -2.92. The van der Waals surface area contributed by atoms with E-state index < -0.39 is 6.10 Å². The Balaban J connectivity index is 4.34. The van der Waals surface area contributed by atoms with E-state index in [9.17, 15) is 9.59 Å². The fourth-order valence-corrected chi connectivity index (χ4v) is 5.71. The molecule has 5 nitrogen and oxygen atoms in total. The van der Waals surface area contributed by atoms with Gasteiger partial charge in [0.2, 0.25) is 0 Å². The minimum Gasteiger partial charge on any atom is -0.462 e. The summed E-state index contributed by atoms with van der Waals surface area (Å²) in [5.41, 5.74) is 0. The normalized spacial score (nSPS) is 13.0. The van der Waals surface area contributed by atoms with Gasteiger partial charge in [0, 0.05) is 19.4 Å². The Kier molecular flexibility index (Phi) is 42.1. The van der Waals surface area contributed by atoms with E-state index in [1.165, 1.54) is 64.2 Å². The van der Waals surface area contributed by atoms with Crippen molar-refractivity contribution in [3.63, 3.8) is 0 Å². The lowest BCUT2D eigenvalue weighted by atomic mass is 10.1. The molecule has 0 heterocycles. The van der Waals surface area contributed by atoms with Gasteiger partial charge in [0.25, 0.3) is 0 Å². The van der Waals surface area contributed by atoms with Gasteiger partial charge in [0.15, 0.2) is 6.10 Å². The highest BCUT2D eigenvalue weighted by Gasteiger charge is 2.17. The summed E-state index contributed by atoms with van der Waals surface area (Å²) in [6.45, 7) is 7.46. The Bertz CT molecular complexity index is 1030. The fourth-order valence-electron chi connectivity index (χ4n) is 5.71. The lowest BCUT2D eigenvalue weighted by Crippen LogP contribution is -2.30. The fraction of sp³-hybridized carbons (Fsp3) is 0.673. The van der Waals surface area contributed by atoms with Gasteiger partial charge in [-0.3, -0.25) is 9.59 Å². The summed E-state index contributed by atoms with van der Waals surface area (Å²) in [5.74, 6) is -0.506. The van der Waals surface area contributed by atoms with E-state index in [4.69, 9.17) is 14.2 Å². The monoisotopic (exact) mass is 751 g/mol. The van der Waals surface area contributed by atoms with Crippen LogP contribution in [-0.2, 0) is 23.8 Å². The molecule has 0 aromatic rings. The van der Waals surface area contributed by atoms with E-state index in [1.54, 1.807) is 0 Å². The molecule has 0 N–H and O–H groups in total. The molecule has 5 heteroatoms. The van der Waals surface area contributed by atoms with Gasteiger partial charge in [-0.25, -0.2) is 0 Å². The maximum Gasteiger partial charge on any atom is 0.306 e. The van der Waals surface area contributed by atoms with Gasteiger partial charge in [-0.2, -0.15) is 0 Å². The number of hydrogen-bond acceptors (Lipinski definition) is 5. The summed E-state index contributed by atoms with van der Waals surface area (Å²) >= 11 is 0. The third-order valence-electron chi connectivity index (χ3n) is 8.94. The highest BCUT2D eigenvalue weighted by Crippen LogP contribution is 2.12. The van der Waals surface area contributed by atoms with E-state index in [-0.39, 0.29) is 25.2 Å². The quantitative estimate of drug-likeness (QED) is 0.0356. The summed E-state index contributed by atoms with van der Waals surface area (Å²) in [6, 6.07) is 0. The Labute approximate surface area is 333 Å². The third kappa shape index (κ3) is 41.8. The van der Waals surface area contributed by atoms with Crippen molar-refractivity contribution < 1.29 is 23.8 Å². The molecule has 308 valence electrons. The molecule has 0 radical (unpaired) electrons. The van der Waals surface area contributed by atoms with Crippen molar-refractivity contribution in [2.24, 2.45) is 0 Å². The standard InChI is InChI=1S/C49H82O5/c1-4-7-10-13-16-19-21-23-24-25-27-29-32-35-38-41-44-52-45-47(54-49(51)43-40-37-34-30-18-15-12-9-6-3)46-53-48(50)42-39-36-33-31-28-26-22-20-17-14-11-8-5-2/h7-8,10-11,16-17,19-20,23-24,26,28,33,36,47H,4-6,9,12-15,18,21-22,25,27,29-32,34-35,37-46H2,1-3H3/b10-7-,11-8-,19-16-,20-17-,24-23-,28-26-,36-33-. The first-order valence-corrected chi connectivity index (χ1v) is 22.1. The van der Waals surface area contributed by atoms with Gasteiger partial charge in [0.1, 0.15) is 6.61 Å². The number of carbonyl (C=O) groups excluding carboxylic acids is 2. The van der Waals surface area contributed by atoms with Gasteiger partial charge < -0.3 is 14.2 Å². The minimum absolute atomic E-state index is 0.0393. The molecule has 0 saturated heterocycles. The van der Waals surface area contributed by atoms with Crippen LogP contribution in [0.2, 0.25) is 0 Å². The van der Waals surface area contributed by atoms with Crippen molar-refractivity contribution in [1.29, 1.82) is 0 Å². The molecular formula is C49H82O5. The largest absolute Gasteiger partial charge is 0.462 e. The molecule has 1 unspecified atom stereocenters. The highest BCUT2D eigenvalue weighted by atomic mass is 16.6. The molecule has 0 aliphatic carbocycles. The van der Waals surface area contributed by atoms with Crippen molar-refractivity contribution in [3.8, 4) is 0 Å². The summed E-state index contributed by atoms with van der Waals surface area (Å²) in [6.07, 6.45) is 57.4. The molecule has 0 aliphatic rings. The van der Waals surface area contributed by atoms with Gasteiger partial charge >= 0.3 is 11.9 Å². The molecule has 0 aliphatic heterocycles. The lowest BCUT2D eigenvalue weighted by Gasteiger charge is -2.18. The topological polar surface area (TPSA) is 61.8 Å². The number of esters is 2. The summed E-state index contributed by atoms with van der Waals surface area (Å²) in [5, 5.41) is 0. The van der Waals surface area contributed by atoms with E-state index in [1.807, 2.05) is 6.08 Å². The van der Waals surface area contributed by atoms with Gasteiger partial charge in [-0.05, 0) is 77.0 Å². The average molecular weight is 751 g/mol. The summed E-state index contributed by atoms with van der Waals surface area (Å²) in [4.78, 5) is 25.1. The molecule has 0 bridgehead atoms. The maximum atomic E-state index is 12.7. The second-order valence-electron chi connectivity index (χ2n) is 14.2. The van der Waals surface area contributed by atoms with Crippen LogP contribution in [-0.4, -0.2) is 37.9 Å². The molecule has 0 aromatic carbocycles. The van der Waals surface area contributed by atoms with Crippen LogP contribution in [0.25, 0.3) is 0 Å². The van der Waals surface area contributed by atoms with Crippen LogP contribution in [0.5, 0.6) is 0 Å². The van der Waals surface area contributed by atoms with Crippen molar-refractivity contribution in [2.45, 2.75) is 194 Å². The van der Waals surface area contributed by atoms with Crippen molar-refractivity contribution in [1.82, 2.24) is 0 Å². The van der Waals surface area contributed by atoms with Crippen LogP contribution < -0.4 is 0 Å². The number of rotatable bonds is 39. The number of unbranched alkanes of at least 4 members (excludes halogenated alkanes) is 14. The van der Waals surface area contributed by atoms with Crippen molar-refractivity contribution >= 4 is 11.9 Å². The van der Waals surface area contributed by atoms with E-state index >= 15 is 0 Å². The zero-order valence-corrected chi connectivity index (χ0v) is 35.2. The Morgan fingerprint density at radius 1 is 0.426 bits per heavy atom. The van der Waals surface area contributed by atoms with Crippen molar-refractivity contribution in [2.75, 3.05) is 19.8 Å². The summed E-state index contributed by atoms with van der Waals surface area (Å²) in [7, 11) is 0. The maximum absolute atomic E-state index is 12.7. The molecule has 0 amide bonds. The van der Waals surface area contributed by atoms with Gasteiger partial charge in [0.05, 0.1) is 6.61 Å². The Morgan fingerprint density at radius 2 is 0.870 bits per heavy atom. The van der Waals surface area contributed by atoms with Crippen molar-refractivity contribution in [3.05, 3.63) is 85.1 Å². The predicted molar refractivity (Wildman–Crippen MR) is 233 cm³/mol. The van der Waals surface area contributed by atoms with Gasteiger partial charge in [-0.1, -0.05) is 183 Å². The van der Waals surface area contributed by atoms with E-state index in [0.29, 0.717) is 25.9 Å². The van der Waals surface area contributed by atoms with Gasteiger partial charge in [-0.15, -0.1) is 0 Å². The molecule has 0 spiro atoms. The first kappa shape index (κ1) is 51.1. The highest BCUT2D eigenvalue weighted by molar-refractivity contribution is 5.70. The molecule has 0 fully saturated rings. The zero-order valence-electron chi connectivity index (χ0n) is 35.2. The van der Waals surface area contributed by atoms with Crippen LogP contribution in [0.4, 0.5) is 0 Å². The second-order valence-corrected chi connectivity index (χ2v) is 14.2. The molecule has 1 atom stereocenters. The Morgan fingerprint density at radius 3 is 1.41 bits per heavy atom. The van der Waals surface area contributed by atoms with Crippen LogP contribution in [0, 0.1) is 0 Å². The molecule has 0 saturated carbocycles. The van der Waals surface area contributed by atoms with Crippen LogP contribution >= 0.6 is 0 Å². The molecule has 0 aromatic heterocycles. The van der Waals surface area contributed by atoms with E-state index in [2.05, 4.69) is 99.8 Å². The molecule has 54 heavy (non-hydrogen) atoms. The second kappa shape index (κ2) is 44.5. The van der Waals surface area contributed by atoms with Crippen LogP contribution in [0.1, 0.15) is 188 Å². The number of hydrogen-bond donors (Lipinski definition) is 0. The predicted octanol–water partition coefficient (Wildman–Crippen LogP) is 14.6. The average Bonchev–Trinajstić information content (AvgIpc) is 3.17. The zero-order chi connectivity index (χ0) is 39.3. The first-order chi connectivity index (χ1) is 26.6. The van der Waals surface area contributed by atoms with Crippen LogP contribution in [0.15, 0.2) is 85.1 Å². The number of ether oxygens (including phenoxy) is 3. The minimum atomic E-state index is -0.571. The summed E-state index contributed by atoms with van der Waals surface area (Å²) < 4.78 is 17.2. The number of allylic oxidation sites excluding steroid dienone is 14. The molecule has 0 rings (SSSR count). The smallest absolute Gasteiger partial charge is 0.306 e. The SMILES string of the molecule is CC/C=C\C/C=C\C/C=C\C/C=C\CCC(=O)OCC(COCCCCCCCC/C=C\C/C=C\C/C=C\CC)OC(=O)CCCCCCCCCCC. The van der Waals surface area contributed by atoms with Crippen LogP contribution in [0.3, 0.4) is 0 Å². The third-order valence-corrected chi connectivity index (χ3v) is 8.94. The first-order valence-electron chi connectivity index (χ1n) is 22.1.